The first-order valence-corrected chi connectivity index (χ1v) is 9.27. The Kier molecular flexibility index (Phi) is 5.48. The Morgan fingerprint density at radius 1 is 1.38 bits per heavy atom. The summed E-state index contributed by atoms with van der Waals surface area (Å²) in [5, 5.41) is 1.03. The van der Waals surface area contributed by atoms with E-state index < -0.39 is 0 Å². The van der Waals surface area contributed by atoms with Crippen molar-refractivity contribution in [1.29, 1.82) is 0 Å². The zero-order chi connectivity index (χ0) is 17.1. The second-order valence-electron chi connectivity index (χ2n) is 6.60. The van der Waals surface area contributed by atoms with Crippen molar-refractivity contribution < 1.29 is 9.53 Å². The quantitative estimate of drug-likeness (QED) is 0.806. The van der Waals surface area contributed by atoms with Gasteiger partial charge in [-0.1, -0.05) is 0 Å². The monoisotopic (exact) mass is 347 g/mol. The van der Waals surface area contributed by atoms with Crippen LogP contribution in [0, 0.1) is 6.92 Å². The van der Waals surface area contributed by atoms with E-state index in [1.54, 1.807) is 11.3 Å². The van der Waals surface area contributed by atoms with Crippen LogP contribution in [0.25, 0.3) is 10.2 Å². The smallest absolute Gasteiger partial charge is 0.254 e. The normalized spacial score (nSPS) is 17.8. The van der Waals surface area contributed by atoms with Crippen molar-refractivity contribution >= 4 is 27.5 Å². The maximum atomic E-state index is 13.0. The number of fused-ring (bicyclic) bond motifs is 1. The van der Waals surface area contributed by atoms with Crippen LogP contribution in [0.4, 0.5) is 0 Å². The Morgan fingerprint density at radius 2 is 2.21 bits per heavy atom. The van der Waals surface area contributed by atoms with E-state index in [1.807, 2.05) is 44.1 Å². The minimum atomic E-state index is 0.0694. The third-order valence-electron chi connectivity index (χ3n) is 4.29. The van der Waals surface area contributed by atoms with Crippen molar-refractivity contribution in [2.24, 2.45) is 0 Å². The molecule has 24 heavy (non-hydrogen) atoms. The molecule has 0 N–H and O–H groups in total. The fourth-order valence-electron chi connectivity index (χ4n) is 2.99. The van der Waals surface area contributed by atoms with Crippen LogP contribution in [0.3, 0.4) is 0 Å². The minimum Gasteiger partial charge on any atom is -0.376 e. The van der Waals surface area contributed by atoms with Crippen molar-refractivity contribution in [2.45, 2.75) is 25.9 Å². The Bertz CT molecular complexity index is 707. The van der Waals surface area contributed by atoms with Crippen molar-refractivity contribution in [3.05, 3.63) is 28.8 Å². The van der Waals surface area contributed by atoms with Gasteiger partial charge in [-0.15, -0.1) is 11.3 Å². The fraction of sp³-hybridized carbons (Fsp3) is 0.556. The molecule has 0 spiro atoms. The van der Waals surface area contributed by atoms with Gasteiger partial charge in [-0.2, -0.15) is 0 Å². The van der Waals surface area contributed by atoms with Gasteiger partial charge >= 0.3 is 0 Å². The number of ether oxygens (including phenoxy) is 1. The molecule has 3 rings (SSSR count). The average Bonchev–Trinajstić information content (AvgIpc) is 3.17. The summed E-state index contributed by atoms with van der Waals surface area (Å²) >= 11 is 1.66. The van der Waals surface area contributed by atoms with Gasteiger partial charge in [0.25, 0.3) is 5.91 Å². The van der Waals surface area contributed by atoms with Crippen LogP contribution in [0.5, 0.6) is 0 Å². The predicted octanol–water partition coefficient (Wildman–Crippen LogP) is 2.79. The summed E-state index contributed by atoms with van der Waals surface area (Å²) in [5.41, 5.74) is 1.62. The highest BCUT2D eigenvalue weighted by atomic mass is 32.1. The molecule has 0 saturated carbocycles. The van der Waals surface area contributed by atoms with Crippen LogP contribution >= 0.6 is 11.3 Å². The van der Waals surface area contributed by atoms with Gasteiger partial charge in [-0.25, -0.2) is 4.98 Å². The van der Waals surface area contributed by atoms with Crippen molar-refractivity contribution in [3.63, 3.8) is 0 Å². The number of thiazole rings is 1. The van der Waals surface area contributed by atoms with Crippen LogP contribution in [-0.2, 0) is 4.74 Å². The molecule has 2 heterocycles. The second kappa shape index (κ2) is 7.59. The van der Waals surface area contributed by atoms with E-state index >= 15 is 0 Å². The topological polar surface area (TPSA) is 45.7 Å². The molecule has 0 unspecified atom stereocenters. The molecule has 1 aliphatic heterocycles. The summed E-state index contributed by atoms with van der Waals surface area (Å²) in [6.07, 6.45) is 2.29. The number of benzene rings is 1. The molecule has 5 nitrogen and oxygen atoms in total. The SMILES string of the molecule is Cc1nc2cc(C(=O)N(CCN(C)C)C[C@@H]3CCCO3)ccc2s1. The average molecular weight is 347 g/mol. The Labute approximate surface area is 147 Å². The summed E-state index contributed by atoms with van der Waals surface area (Å²) in [4.78, 5) is 21.6. The van der Waals surface area contributed by atoms with Crippen LogP contribution in [0.2, 0.25) is 0 Å². The number of likely N-dealkylation sites (N-methyl/N-ethyl adjacent to an activating group) is 1. The van der Waals surface area contributed by atoms with Crippen molar-refractivity contribution in [3.8, 4) is 0 Å². The van der Waals surface area contributed by atoms with Crippen LogP contribution in [-0.4, -0.2) is 67.1 Å². The fourth-order valence-corrected chi connectivity index (χ4v) is 3.80. The first kappa shape index (κ1) is 17.3. The highest BCUT2D eigenvalue weighted by molar-refractivity contribution is 7.18. The molecule has 6 heteroatoms. The largest absolute Gasteiger partial charge is 0.376 e. The Balaban J connectivity index is 1.78. The molecule has 1 saturated heterocycles. The Hall–Kier alpha value is -1.50. The molecule has 1 aromatic carbocycles. The standard InChI is InChI=1S/C18H25N3O2S/c1-13-19-16-11-14(6-7-17(16)24-13)18(22)21(9-8-20(2)3)12-15-5-4-10-23-15/h6-7,11,15H,4-5,8-10,12H2,1-3H3/t15-/m0/s1. The summed E-state index contributed by atoms with van der Waals surface area (Å²) in [6, 6.07) is 5.84. The molecule has 1 fully saturated rings. The van der Waals surface area contributed by atoms with E-state index in [2.05, 4.69) is 9.88 Å². The molecular weight excluding hydrogens is 322 g/mol. The lowest BCUT2D eigenvalue weighted by Gasteiger charge is -2.27. The molecule has 1 atom stereocenters. The van der Waals surface area contributed by atoms with Gasteiger partial charge < -0.3 is 14.5 Å². The lowest BCUT2D eigenvalue weighted by molar-refractivity contribution is 0.0512. The van der Waals surface area contributed by atoms with Crippen molar-refractivity contribution in [2.75, 3.05) is 40.3 Å². The lowest BCUT2D eigenvalue weighted by atomic mass is 10.1. The number of carbonyl (C=O) groups excluding carboxylic acids is 1. The minimum absolute atomic E-state index is 0.0694. The number of hydrogen-bond acceptors (Lipinski definition) is 5. The van der Waals surface area contributed by atoms with Gasteiger partial charge in [-0.05, 0) is 52.1 Å². The van der Waals surface area contributed by atoms with Gasteiger partial charge in [0.05, 0.1) is 21.3 Å². The van der Waals surface area contributed by atoms with E-state index in [9.17, 15) is 4.79 Å². The molecule has 1 aromatic heterocycles. The molecule has 0 aliphatic carbocycles. The number of rotatable bonds is 6. The molecular formula is C18H25N3O2S. The third kappa shape index (κ3) is 4.12. The summed E-state index contributed by atoms with van der Waals surface area (Å²) in [6.45, 7) is 5.02. The molecule has 1 amide bonds. The van der Waals surface area contributed by atoms with Gasteiger partial charge in [-0.3, -0.25) is 4.79 Å². The first-order chi connectivity index (χ1) is 11.5. The van der Waals surface area contributed by atoms with E-state index in [-0.39, 0.29) is 12.0 Å². The Morgan fingerprint density at radius 3 is 2.92 bits per heavy atom. The maximum absolute atomic E-state index is 13.0. The van der Waals surface area contributed by atoms with Gasteiger partial charge in [0.1, 0.15) is 0 Å². The first-order valence-electron chi connectivity index (χ1n) is 8.46. The van der Waals surface area contributed by atoms with Gasteiger partial charge in [0.15, 0.2) is 0 Å². The number of nitrogens with zero attached hydrogens (tertiary/aromatic N) is 3. The zero-order valence-corrected chi connectivity index (χ0v) is 15.4. The van der Waals surface area contributed by atoms with Crippen LogP contribution in [0.15, 0.2) is 18.2 Å². The summed E-state index contributed by atoms with van der Waals surface area (Å²) in [5.74, 6) is 0.0694. The molecule has 130 valence electrons. The molecule has 0 bridgehead atoms. The molecule has 2 aromatic rings. The second-order valence-corrected chi connectivity index (χ2v) is 7.84. The summed E-state index contributed by atoms with van der Waals surface area (Å²) < 4.78 is 6.86. The number of amides is 1. The third-order valence-corrected chi connectivity index (χ3v) is 5.25. The molecule has 1 aliphatic rings. The van der Waals surface area contributed by atoms with Crippen LogP contribution < -0.4 is 0 Å². The van der Waals surface area contributed by atoms with E-state index in [1.165, 1.54) is 0 Å². The highest BCUT2D eigenvalue weighted by Gasteiger charge is 2.23. The number of hydrogen-bond donors (Lipinski definition) is 0. The van der Waals surface area contributed by atoms with Crippen LogP contribution in [0.1, 0.15) is 28.2 Å². The van der Waals surface area contributed by atoms with E-state index in [4.69, 9.17) is 4.74 Å². The van der Waals surface area contributed by atoms with Crippen molar-refractivity contribution in [1.82, 2.24) is 14.8 Å². The highest BCUT2D eigenvalue weighted by Crippen LogP contribution is 2.23. The van der Waals surface area contributed by atoms with Gasteiger partial charge in [0.2, 0.25) is 0 Å². The molecule has 0 radical (unpaired) electrons. The van der Waals surface area contributed by atoms with Gasteiger partial charge in [0, 0.05) is 31.8 Å². The number of aryl methyl sites for hydroxylation is 1. The van der Waals surface area contributed by atoms with E-state index in [0.717, 1.165) is 41.2 Å². The number of aromatic nitrogens is 1. The summed E-state index contributed by atoms with van der Waals surface area (Å²) in [7, 11) is 4.05. The lowest BCUT2D eigenvalue weighted by Crippen LogP contribution is -2.41. The zero-order valence-electron chi connectivity index (χ0n) is 14.6. The number of carbonyl (C=O) groups is 1. The predicted molar refractivity (Wildman–Crippen MR) is 97.8 cm³/mol. The maximum Gasteiger partial charge on any atom is 0.254 e. The van der Waals surface area contributed by atoms with E-state index in [0.29, 0.717) is 18.7 Å².